The Hall–Kier alpha value is -2.43. The number of nitrogens with zero attached hydrogens (tertiary/aromatic N) is 4. The van der Waals surface area contributed by atoms with Gasteiger partial charge < -0.3 is 4.98 Å². The predicted octanol–water partition coefficient (Wildman–Crippen LogP) is 3.74. The molecule has 0 radical (unpaired) electrons. The van der Waals surface area contributed by atoms with E-state index in [4.69, 9.17) is 0 Å². The van der Waals surface area contributed by atoms with Gasteiger partial charge in [-0.1, -0.05) is 12.5 Å². The summed E-state index contributed by atoms with van der Waals surface area (Å²) in [7, 11) is 0. The summed E-state index contributed by atoms with van der Waals surface area (Å²) in [6.45, 7) is 8.23. The Kier molecular flexibility index (Phi) is 3.56. The van der Waals surface area contributed by atoms with Crippen molar-refractivity contribution in [3.05, 3.63) is 43.1 Å². The fourth-order valence-electron chi connectivity index (χ4n) is 2.59. The van der Waals surface area contributed by atoms with E-state index in [1.807, 2.05) is 23.1 Å². The smallest absolute Gasteiger partial charge is 0.141 e. The Labute approximate surface area is 123 Å². The fourth-order valence-corrected chi connectivity index (χ4v) is 2.59. The van der Waals surface area contributed by atoms with Crippen LogP contribution in [0.5, 0.6) is 0 Å². The Morgan fingerprint density at radius 1 is 1.43 bits per heavy atom. The molecule has 1 atom stereocenters. The topological polar surface area (TPSA) is 59.4 Å². The SMILES string of the molecule is C=C(C)CC(CC)n1cc(-c2ncnc3[nH]ccc23)cn1. The van der Waals surface area contributed by atoms with Crippen molar-refractivity contribution >= 4 is 11.0 Å². The molecule has 21 heavy (non-hydrogen) atoms. The van der Waals surface area contributed by atoms with Crippen molar-refractivity contribution in [3.63, 3.8) is 0 Å². The van der Waals surface area contributed by atoms with Gasteiger partial charge in [0.15, 0.2) is 0 Å². The average Bonchev–Trinajstić information content (AvgIpc) is 3.12. The number of allylic oxidation sites excluding steroid dienone is 1. The molecule has 0 spiro atoms. The van der Waals surface area contributed by atoms with Crippen molar-refractivity contribution in [2.45, 2.75) is 32.7 Å². The van der Waals surface area contributed by atoms with Gasteiger partial charge in [-0.05, 0) is 25.8 Å². The number of nitrogens with one attached hydrogen (secondary N) is 1. The van der Waals surface area contributed by atoms with Gasteiger partial charge >= 0.3 is 0 Å². The average molecular weight is 281 g/mol. The second-order valence-electron chi connectivity index (χ2n) is 5.39. The van der Waals surface area contributed by atoms with Crippen molar-refractivity contribution in [3.8, 4) is 11.3 Å². The summed E-state index contributed by atoms with van der Waals surface area (Å²) in [4.78, 5) is 11.7. The molecule has 1 N–H and O–H groups in total. The van der Waals surface area contributed by atoms with Gasteiger partial charge in [0, 0.05) is 23.3 Å². The van der Waals surface area contributed by atoms with Gasteiger partial charge in [0.05, 0.1) is 17.9 Å². The van der Waals surface area contributed by atoms with Crippen LogP contribution in [0, 0.1) is 0 Å². The van der Waals surface area contributed by atoms with Crippen molar-refractivity contribution in [1.29, 1.82) is 0 Å². The van der Waals surface area contributed by atoms with E-state index in [0.717, 1.165) is 35.1 Å². The molecular formula is C16H19N5. The van der Waals surface area contributed by atoms with Crippen LogP contribution in [0.1, 0.15) is 32.7 Å². The highest BCUT2D eigenvalue weighted by Crippen LogP contribution is 2.26. The van der Waals surface area contributed by atoms with Gasteiger partial charge in [0.2, 0.25) is 0 Å². The lowest BCUT2D eigenvalue weighted by molar-refractivity contribution is 0.437. The normalized spacial score (nSPS) is 12.7. The van der Waals surface area contributed by atoms with E-state index >= 15 is 0 Å². The zero-order valence-corrected chi connectivity index (χ0v) is 12.4. The summed E-state index contributed by atoms with van der Waals surface area (Å²) >= 11 is 0. The third-order valence-electron chi connectivity index (χ3n) is 3.66. The quantitative estimate of drug-likeness (QED) is 0.725. The third-order valence-corrected chi connectivity index (χ3v) is 3.66. The van der Waals surface area contributed by atoms with E-state index in [0.29, 0.717) is 6.04 Å². The molecule has 0 saturated heterocycles. The molecule has 108 valence electrons. The molecule has 3 aromatic rings. The number of aromatic nitrogens is 5. The van der Waals surface area contributed by atoms with Gasteiger partial charge in [0.25, 0.3) is 0 Å². The second-order valence-corrected chi connectivity index (χ2v) is 5.39. The highest BCUT2D eigenvalue weighted by atomic mass is 15.3. The van der Waals surface area contributed by atoms with E-state index in [-0.39, 0.29) is 0 Å². The van der Waals surface area contributed by atoms with Crippen LogP contribution in [-0.4, -0.2) is 24.7 Å². The molecule has 0 aromatic carbocycles. The first kappa shape index (κ1) is 13.5. The Balaban J connectivity index is 1.98. The molecular weight excluding hydrogens is 262 g/mol. The maximum atomic E-state index is 4.51. The summed E-state index contributed by atoms with van der Waals surface area (Å²) in [5.41, 5.74) is 3.95. The summed E-state index contributed by atoms with van der Waals surface area (Å²) in [5, 5.41) is 5.53. The van der Waals surface area contributed by atoms with E-state index in [1.165, 1.54) is 5.57 Å². The lowest BCUT2D eigenvalue weighted by Crippen LogP contribution is -2.08. The minimum absolute atomic E-state index is 0.347. The molecule has 3 heterocycles. The van der Waals surface area contributed by atoms with Crippen molar-refractivity contribution in [2.24, 2.45) is 0 Å². The number of rotatable bonds is 5. The van der Waals surface area contributed by atoms with Gasteiger partial charge in [-0.3, -0.25) is 4.68 Å². The summed E-state index contributed by atoms with van der Waals surface area (Å²) in [5.74, 6) is 0. The van der Waals surface area contributed by atoms with Crippen LogP contribution >= 0.6 is 0 Å². The van der Waals surface area contributed by atoms with Crippen LogP contribution in [0.3, 0.4) is 0 Å². The highest BCUT2D eigenvalue weighted by Gasteiger charge is 2.13. The van der Waals surface area contributed by atoms with Gasteiger partial charge in [-0.25, -0.2) is 9.97 Å². The van der Waals surface area contributed by atoms with Crippen LogP contribution in [0.2, 0.25) is 0 Å². The molecule has 3 aromatic heterocycles. The number of aromatic amines is 1. The summed E-state index contributed by atoms with van der Waals surface area (Å²) < 4.78 is 2.02. The van der Waals surface area contributed by atoms with E-state index in [1.54, 1.807) is 6.33 Å². The van der Waals surface area contributed by atoms with E-state index in [9.17, 15) is 0 Å². The molecule has 1 unspecified atom stereocenters. The van der Waals surface area contributed by atoms with E-state index < -0.39 is 0 Å². The Bertz CT molecular complexity index is 768. The predicted molar refractivity (Wildman–Crippen MR) is 83.9 cm³/mol. The number of H-pyrrole nitrogens is 1. The lowest BCUT2D eigenvalue weighted by atomic mass is 10.1. The minimum Gasteiger partial charge on any atom is -0.346 e. The first-order chi connectivity index (χ1) is 10.2. The standard InChI is InChI=1S/C16H19N5/c1-4-13(7-11(2)3)21-9-12(8-20-21)15-14-5-6-17-16(14)19-10-18-15/h5-6,8-10,13H,2,4,7H2,1,3H3,(H,17,18,19). The monoisotopic (exact) mass is 281 g/mol. The molecule has 0 aliphatic rings. The highest BCUT2D eigenvalue weighted by molar-refractivity contribution is 5.89. The fraction of sp³-hybridized carbons (Fsp3) is 0.312. The third kappa shape index (κ3) is 2.59. The van der Waals surface area contributed by atoms with Crippen LogP contribution in [0.25, 0.3) is 22.3 Å². The van der Waals surface area contributed by atoms with E-state index in [2.05, 4.69) is 46.7 Å². The van der Waals surface area contributed by atoms with Crippen molar-refractivity contribution < 1.29 is 0 Å². The Morgan fingerprint density at radius 2 is 2.29 bits per heavy atom. The molecule has 0 bridgehead atoms. The largest absolute Gasteiger partial charge is 0.346 e. The van der Waals surface area contributed by atoms with Crippen molar-refractivity contribution in [2.75, 3.05) is 0 Å². The molecule has 0 amide bonds. The van der Waals surface area contributed by atoms with Crippen LogP contribution < -0.4 is 0 Å². The second kappa shape index (κ2) is 5.52. The molecule has 0 aliphatic carbocycles. The van der Waals surface area contributed by atoms with Crippen LogP contribution in [-0.2, 0) is 0 Å². The molecule has 0 aliphatic heterocycles. The molecule has 5 heteroatoms. The zero-order valence-electron chi connectivity index (χ0n) is 12.4. The maximum Gasteiger partial charge on any atom is 0.141 e. The summed E-state index contributed by atoms with van der Waals surface area (Å²) in [6.07, 6.45) is 9.36. The van der Waals surface area contributed by atoms with Gasteiger partial charge in [0.1, 0.15) is 12.0 Å². The maximum absolute atomic E-state index is 4.51. The zero-order chi connectivity index (χ0) is 14.8. The first-order valence-electron chi connectivity index (χ1n) is 7.16. The van der Waals surface area contributed by atoms with Crippen LogP contribution in [0.15, 0.2) is 43.1 Å². The molecule has 0 saturated carbocycles. The molecule has 5 nitrogen and oxygen atoms in total. The number of fused-ring (bicyclic) bond motifs is 1. The van der Waals surface area contributed by atoms with Crippen molar-refractivity contribution in [1.82, 2.24) is 24.7 Å². The first-order valence-corrected chi connectivity index (χ1v) is 7.16. The molecule has 0 fully saturated rings. The lowest BCUT2D eigenvalue weighted by Gasteiger charge is -2.15. The minimum atomic E-state index is 0.347. The van der Waals surface area contributed by atoms with Crippen LogP contribution in [0.4, 0.5) is 0 Å². The number of hydrogen-bond donors (Lipinski definition) is 1. The Morgan fingerprint density at radius 3 is 3.05 bits per heavy atom. The molecule has 3 rings (SSSR count). The number of hydrogen-bond acceptors (Lipinski definition) is 3. The van der Waals surface area contributed by atoms with Gasteiger partial charge in [-0.15, -0.1) is 6.58 Å². The summed E-state index contributed by atoms with van der Waals surface area (Å²) in [6, 6.07) is 2.34. The van der Waals surface area contributed by atoms with Gasteiger partial charge in [-0.2, -0.15) is 5.10 Å².